The van der Waals surface area contributed by atoms with Crippen molar-refractivity contribution in [1.29, 1.82) is 0 Å². The molecule has 0 heterocycles. The monoisotopic (exact) mass is 290 g/mol. The minimum Gasteiger partial charge on any atom is -0.433 e. The van der Waals surface area contributed by atoms with E-state index in [1.54, 1.807) is 0 Å². The largest absolute Gasteiger partial charge is 0.433 e. The predicted molar refractivity (Wildman–Crippen MR) is 50.8 cm³/mol. The van der Waals surface area contributed by atoms with E-state index in [2.05, 4.69) is 20.7 Å². The number of ether oxygens (including phenoxy) is 1. The van der Waals surface area contributed by atoms with E-state index in [9.17, 15) is 8.78 Å². The lowest BCUT2D eigenvalue weighted by atomic mass is 10.3. The van der Waals surface area contributed by atoms with Gasteiger partial charge in [0.05, 0.1) is 5.02 Å². The van der Waals surface area contributed by atoms with Gasteiger partial charge >= 0.3 is 6.61 Å². The third kappa shape index (κ3) is 2.97. The zero-order chi connectivity index (χ0) is 10.0. The highest BCUT2D eigenvalue weighted by Gasteiger charge is 2.12. The summed E-state index contributed by atoms with van der Waals surface area (Å²) in [6, 6.07) is 2.81. The van der Waals surface area contributed by atoms with Gasteiger partial charge in [-0.2, -0.15) is 8.78 Å². The summed E-state index contributed by atoms with van der Waals surface area (Å²) in [5.74, 6) is -0.143. The molecule has 1 aromatic carbocycles. The lowest BCUT2D eigenvalue weighted by Crippen LogP contribution is -2.02. The van der Waals surface area contributed by atoms with Crippen molar-refractivity contribution in [3.63, 3.8) is 0 Å². The molecule has 0 spiro atoms. The van der Waals surface area contributed by atoms with E-state index in [4.69, 9.17) is 23.2 Å². The second-order valence-corrected chi connectivity index (χ2v) is 3.78. The molecule has 0 unspecified atom stereocenters. The Morgan fingerprint density at radius 3 is 2.46 bits per heavy atom. The molecule has 0 radical (unpaired) electrons. The number of alkyl halides is 2. The average Bonchev–Trinajstić information content (AvgIpc) is 1.98. The molecule has 0 amide bonds. The van der Waals surface area contributed by atoms with E-state index in [1.807, 2.05) is 0 Å². The average molecular weight is 292 g/mol. The van der Waals surface area contributed by atoms with E-state index < -0.39 is 6.61 Å². The van der Waals surface area contributed by atoms with Gasteiger partial charge in [0.15, 0.2) is 0 Å². The minimum absolute atomic E-state index is 0.0230. The van der Waals surface area contributed by atoms with Crippen molar-refractivity contribution in [2.45, 2.75) is 6.61 Å². The normalized spacial score (nSPS) is 10.6. The van der Waals surface area contributed by atoms with E-state index in [0.29, 0.717) is 4.47 Å². The van der Waals surface area contributed by atoms with Crippen LogP contribution in [0.25, 0.3) is 0 Å². The molecular weight excluding hydrogens is 289 g/mol. The molecule has 0 saturated heterocycles. The van der Waals surface area contributed by atoms with E-state index >= 15 is 0 Å². The van der Waals surface area contributed by atoms with Gasteiger partial charge in [0.1, 0.15) is 10.8 Å². The molecule has 0 aliphatic heterocycles. The summed E-state index contributed by atoms with van der Waals surface area (Å²) in [5, 5.41) is 0.136. The summed E-state index contributed by atoms with van der Waals surface area (Å²) in [7, 11) is 0. The quantitative estimate of drug-likeness (QED) is 0.736. The first kappa shape index (κ1) is 11.0. The summed E-state index contributed by atoms with van der Waals surface area (Å²) >= 11 is 14.3. The molecule has 72 valence electrons. The van der Waals surface area contributed by atoms with Gasteiger partial charge in [0, 0.05) is 4.47 Å². The first-order valence-electron chi connectivity index (χ1n) is 3.10. The minimum atomic E-state index is -2.91. The highest BCUT2D eigenvalue weighted by molar-refractivity contribution is 9.10. The van der Waals surface area contributed by atoms with Gasteiger partial charge in [-0.1, -0.05) is 39.1 Å². The number of halogens is 5. The van der Waals surface area contributed by atoms with Crippen LogP contribution in [0.4, 0.5) is 8.78 Å². The van der Waals surface area contributed by atoms with Gasteiger partial charge in [-0.3, -0.25) is 0 Å². The number of hydrogen-bond acceptors (Lipinski definition) is 1. The van der Waals surface area contributed by atoms with E-state index in [0.717, 1.165) is 0 Å². The summed E-state index contributed by atoms with van der Waals surface area (Å²) in [4.78, 5) is 0. The van der Waals surface area contributed by atoms with Crippen LogP contribution in [0.15, 0.2) is 16.6 Å². The zero-order valence-electron chi connectivity index (χ0n) is 6.03. The highest BCUT2D eigenvalue weighted by atomic mass is 79.9. The molecule has 0 atom stereocenters. The molecule has 1 nitrogen and oxygen atoms in total. The lowest BCUT2D eigenvalue weighted by molar-refractivity contribution is -0.0498. The van der Waals surface area contributed by atoms with E-state index in [1.165, 1.54) is 12.1 Å². The first-order valence-corrected chi connectivity index (χ1v) is 4.65. The zero-order valence-corrected chi connectivity index (χ0v) is 9.13. The van der Waals surface area contributed by atoms with Gasteiger partial charge in [-0.05, 0) is 12.1 Å². The summed E-state index contributed by atoms with van der Waals surface area (Å²) < 4.78 is 28.3. The van der Waals surface area contributed by atoms with Gasteiger partial charge in [0.25, 0.3) is 0 Å². The van der Waals surface area contributed by atoms with Crippen LogP contribution in [-0.4, -0.2) is 6.61 Å². The molecule has 0 fully saturated rings. The number of benzene rings is 1. The molecule has 1 rings (SSSR count). The van der Waals surface area contributed by atoms with Gasteiger partial charge < -0.3 is 4.74 Å². The topological polar surface area (TPSA) is 9.23 Å². The third-order valence-electron chi connectivity index (χ3n) is 1.18. The van der Waals surface area contributed by atoms with Gasteiger partial charge in [0.2, 0.25) is 0 Å². The summed E-state index contributed by atoms with van der Waals surface area (Å²) in [6.07, 6.45) is 0. The molecule has 0 bridgehead atoms. The SMILES string of the molecule is FC(F)Oc1cc(Br)cc(Cl)c1Cl. The third-order valence-corrected chi connectivity index (χ3v) is 2.42. The second-order valence-electron chi connectivity index (χ2n) is 2.08. The molecule has 1 aromatic rings. The molecule has 0 saturated carbocycles. The van der Waals surface area contributed by atoms with Crippen molar-refractivity contribution >= 4 is 39.1 Å². The Hall–Kier alpha value is -0.0600. The smallest absolute Gasteiger partial charge is 0.387 e. The second kappa shape index (κ2) is 4.44. The molecule has 0 aliphatic carbocycles. The van der Waals surface area contributed by atoms with Crippen LogP contribution in [0.3, 0.4) is 0 Å². The highest BCUT2D eigenvalue weighted by Crippen LogP contribution is 2.35. The Morgan fingerprint density at radius 1 is 1.31 bits per heavy atom. The Kier molecular flexibility index (Phi) is 3.76. The predicted octanol–water partition coefficient (Wildman–Crippen LogP) is 4.36. The van der Waals surface area contributed by atoms with Crippen molar-refractivity contribution in [2.24, 2.45) is 0 Å². The van der Waals surface area contributed by atoms with Crippen LogP contribution in [0.1, 0.15) is 0 Å². The fourth-order valence-electron chi connectivity index (χ4n) is 0.714. The Morgan fingerprint density at radius 2 is 1.92 bits per heavy atom. The van der Waals surface area contributed by atoms with Crippen molar-refractivity contribution in [3.05, 3.63) is 26.7 Å². The van der Waals surface area contributed by atoms with Crippen molar-refractivity contribution in [1.82, 2.24) is 0 Å². The molecule has 13 heavy (non-hydrogen) atoms. The van der Waals surface area contributed by atoms with Gasteiger partial charge in [-0.15, -0.1) is 0 Å². The maximum atomic E-state index is 11.8. The number of rotatable bonds is 2. The standard InChI is InChI=1S/C7H3BrCl2F2O/c8-3-1-4(9)6(10)5(2-3)13-7(11)12/h1-2,7H. The number of hydrogen-bond donors (Lipinski definition) is 0. The van der Waals surface area contributed by atoms with Crippen molar-refractivity contribution in [3.8, 4) is 5.75 Å². The maximum Gasteiger partial charge on any atom is 0.387 e. The van der Waals surface area contributed by atoms with Crippen LogP contribution in [0.5, 0.6) is 5.75 Å². The molecular formula is C7H3BrCl2F2O. The maximum absolute atomic E-state index is 11.8. The van der Waals surface area contributed by atoms with Crippen LogP contribution in [-0.2, 0) is 0 Å². The fourth-order valence-corrected chi connectivity index (χ4v) is 1.65. The molecule has 6 heteroatoms. The Bertz CT molecular complexity index is 320. The van der Waals surface area contributed by atoms with Crippen molar-refractivity contribution < 1.29 is 13.5 Å². The van der Waals surface area contributed by atoms with Crippen LogP contribution < -0.4 is 4.74 Å². The van der Waals surface area contributed by atoms with Crippen LogP contribution in [0.2, 0.25) is 10.0 Å². The summed E-state index contributed by atoms with van der Waals surface area (Å²) in [5.41, 5.74) is 0. The Balaban J connectivity index is 3.05. The van der Waals surface area contributed by atoms with Crippen LogP contribution >= 0.6 is 39.1 Å². The lowest BCUT2D eigenvalue weighted by Gasteiger charge is -2.07. The molecule has 0 aliphatic rings. The first-order chi connectivity index (χ1) is 6.00. The Labute approximate surface area is 91.7 Å². The van der Waals surface area contributed by atoms with Crippen LogP contribution in [0, 0.1) is 0 Å². The molecule has 0 N–H and O–H groups in total. The molecule has 0 aromatic heterocycles. The van der Waals surface area contributed by atoms with Gasteiger partial charge in [-0.25, -0.2) is 0 Å². The summed E-state index contributed by atoms with van der Waals surface area (Å²) in [6.45, 7) is -2.91. The van der Waals surface area contributed by atoms with E-state index in [-0.39, 0.29) is 15.8 Å². The van der Waals surface area contributed by atoms with Crippen molar-refractivity contribution in [2.75, 3.05) is 0 Å². The fraction of sp³-hybridized carbons (Fsp3) is 0.143.